The molecule has 1 aromatic carbocycles. The summed E-state index contributed by atoms with van der Waals surface area (Å²) in [5.41, 5.74) is 8.78. The zero-order chi connectivity index (χ0) is 15.1. The highest BCUT2D eigenvalue weighted by atomic mass is 15.5. The molecule has 0 unspecified atom stereocenters. The normalized spacial score (nSPS) is 11.0. The summed E-state index contributed by atoms with van der Waals surface area (Å²) in [6, 6.07) is 5.86. The fraction of sp³-hybridized carbons (Fsp3) is 0.562. The smallest absolute Gasteiger partial charge is 0.182 e. The Kier molecular flexibility index (Phi) is 5.72. The van der Waals surface area contributed by atoms with Crippen molar-refractivity contribution in [2.24, 2.45) is 0 Å². The Hall–Kier alpha value is -1.91. The molecule has 0 saturated carbocycles. The lowest BCUT2D eigenvalue weighted by Gasteiger charge is -2.08. The fourth-order valence-electron chi connectivity index (χ4n) is 2.47. The van der Waals surface area contributed by atoms with Crippen molar-refractivity contribution in [1.82, 2.24) is 20.2 Å². The van der Waals surface area contributed by atoms with Crippen LogP contribution in [0.25, 0.3) is 11.4 Å². The van der Waals surface area contributed by atoms with E-state index in [9.17, 15) is 0 Å². The Morgan fingerprint density at radius 3 is 2.67 bits per heavy atom. The van der Waals surface area contributed by atoms with Crippen LogP contribution >= 0.6 is 0 Å². The van der Waals surface area contributed by atoms with Crippen LogP contribution in [0.3, 0.4) is 0 Å². The number of tetrazole rings is 1. The highest BCUT2D eigenvalue weighted by Crippen LogP contribution is 2.23. The SMILES string of the molecule is CCCCCCCCn1nnnc1-c1cc(N)ccc1C. The van der Waals surface area contributed by atoms with E-state index in [1.54, 1.807) is 0 Å². The lowest BCUT2D eigenvalue weighted by Crippen LogP contribution is -2.04. The monoisotopic (exact) mass is 287 g/mol. The second kappa shape index (κ2) is 7.76. The predicted molar refractivity (Wildman–Crippen MR) is 85.8 cm³/mol. The molecule has 1 heterocycles. The van der Waals surface area contributed by atoms with Crippen molar-refractivity contribution in [3.63, 3.8) is 0 Å². The van der Waals surface area contributed by atoms with Crippen LogP contribution in [0.15, 0.2) is 18.2 Å². The first-order valence-corrected chi connectivity index (χ1v) is 7.85. The molecular weight excluding hydrogens is 262 g/mol. The molecule has 0 radical (unpaired) electrons. The highest BCUT2D eigenvalue weighted by molar-refractivity contribution is 5.65. The minimum absolute atomic E-state index is 0.740. The molecule has 2 aromatic rings. The molecule has 114 valence electrons. The van der Waals surface area contributed by atoms with Gasteiger partial charge in [-0.05, 0) is 41.5 Å². The second-order valence-electron chi connectivity index (χ2n) is 5.57. The Labute approximate surface area is 126 Å². The van der Waals surface area contributed by atoms with Gasteiger partial charge in [0, 0.05) is 17.8 Å². The Balaban J connectivity index is 1.97. The van der Waals surface area contributed by atoms with Gasteiger partial charge in [0.1, 0.15) is 0 Å². The largest absolute Gasteiger partial charge is 0.399 e. The van der Waals surface area contributed by atoms with Crippen molar-refractivity contribution < 1.29 is 0 Å². The maximum Gasteiger partial charge on any atom is 0.182 e. The number of unbranched alkanes of at least 4 members (excludes halogenated alkanes) is 5. The van der Waals surface area contributed by atoms with Gasteiger partial charge < -0.3 is 5.73 Å². The van der Waals surface area contributed by atoms with E-state index in [1.165, 1.54) is 32.1 Å². The molecular formula is C16H25N5. The molecule has 0 amide bonds. The lowest BCUT2D eigenvalue weighted by molar-refractivity contribution is 0.519. The van der Waals surface area contributed by atoms with Gasteiger partial charge in [-0.2, -0.15) is 0 Å². The summed E-state index contributed by atoms with van der Waals surface area (Å²) in [5.74, 6) is 0.813. The first kappa shape index (κ1) is 15.5. The number of aromatic nitrogens is 4. The molecule has 1 aromatic heterocycles. The summed E-state index contributed by atoms with van der Waals surface area (Å²) in [4.78, 5) is 0. The van der Waals surface area contributed by atoms with Crippen molar-refractivity contribution in [1.29, 1.82) is 0 Å². The second-order valence-corrected chi connectivity index (χ2v) is 5.57. The molecule has 5 heteroatoms. The van der Waals surface area contributed by atoms with E-state index >= 15 is 0 Å². The number of anilines is 1. The van der Waals surface area contributed by atoms with E-state index in [1.807, 2.05) is 22.9 Å². The lowest BCUT2D eigenvalue weighted by atomic mass is 10.1. The molecule has 2 rings (SSSR count). The van der Waals surface area contributed by atoms with Crippen molar-refractivity contribution in [3.05, 3.63) is 23.8 Å². The Morgan fingerprint density at radius 1 is 1.10 bits per heavy atom. The number of benzene rings is 1. The minimum atomic E-state index is 0.740. The highest BCUT2D eigenvalue weighted by Gasteiger charge is 2.11. The van der Waals surface area contributed by atoms with Gasteiger partial charge in [-0.15, -0.1) is 5.10 Å². The number of nitrogens with two attached hydrogens (primary N) is 1. The van der Waals surface area contributed by atoms with Crippen LogP contribution in [0.5, 0.6) is 0 Å². The Morgan fingerprint density at radius 2 is 1.86 bits per heavy atom. The van der Waals surface area contributed by atoms with E-state index in [0.29, 0.717) is 0 Å². The first-order chi connectivity index (χ1) is 10.2. The molecule has 0 aliphatic heterocycles. The molecule has 0 spiro atoms. The zero-order valence-electron chi connectivity index (χ0n) is 13.0. The number of hydrogen-bond acceptors (Lipinski definition) is 4. The molecule has 0 atom stereocenters. The standard InChI is InChI=1S/C16H25N5/c1-3-4-5-6-7-8-11-21-16(18-19-20-21)15-12-14(17)10-9-13(15)2/h9-10,12H,3-8,11,17H2,1-2H3. The van der Waals surface area contributed by atoms with E-state index in [4.69, 9.17) is 5.73 Å². The molecule has 0 fully saturated rings. The minimum Gasteiger partial charge on any atom is -0.399 e. The molecule has 0 aliphatic rings. The molecule has 0 aliphatic carbocycles. The average molecular weight is 287 g/mol. The Bertz CT molecular complexity index is 562. The average Bonchev–Trinajstić information content (AvgIpc) is 2.93. The van der Waals surface area contributed by atoms with Gasteiger partial charge >= 0.3 is 0 Å². The quantitative estimate of drug-likeness (QED) is 0.595. The number of nitrogen functional groups attached to an aromatic ring is 1. The van der Waals surface area contributed by atoms with Crippen molar-refractivity contribution in [3.8, 4) is 11.4 Å². The molecule has 2 N–H and O–H groups in total. The molecule has 0 bridgehead atoms. The summed E-state index contributed by atoms with van der Waals surface area (Å²) in [7, 11) is 0. The van der Waals surface area contributed by atoms with Crippen LogP contribution in [0.2, 0.25) is 0 Å². The van der Waals surface area contributed by atoms with E-state index in [-0.39, 0.29) is 0 Å². The number of hydrogen-bond donors (Lipinski definition) is 1. The van der Waals surface area contributed by atoms with Crippen molar-refractivity contribution in [2.45, 2.75) is 58.9 Å². The van der Waals surface area contributed by atoms with Crippen LogP contribution in [0.1, 0.15) is 51.0 Å². The molecule has 21 heavy (non-hydrogen) atoms. The van der Waals surface area contributed by atoms with Crippen molar-refractivity contribution >= 4 is 5.69 Å². The van der Waals surface area contributed by atoms with Gasteiger partial charge in [0.25, 0.3) is 0 Å². The van der Waals surface area contributed by atoms with Gasteiger partial charge in [0.2, 0.25) is 0 Å². The van der Waals surface area contributed by atoms with Crippen LogP contribution in [-0.2, 0) is 6.54 Å². The summed E-state index contributed by atoms with van der Waals surface area (Å²) >= 11 is 0. The maximum absolute atomic E-state index is 5.87. The first-order valence-electron chi connectivity index (χ1n) is 7.85. The molecule has 5 nitrogen and oxygen atoms in total. The van der Waals surface area contributed by atoms with Crippen LogP contribution in [-0.4, -0.2) is 20.2 Å². The van der Waals surface area contributed by atoms with Gasteiger partial charge in [-0.25, -0.2) is 4.68 Å². The van der Waals surface area contributed by atoms with Crippen molar-refractivity contribution in [2.75, 3.05) is 5.73 Å². The van der Waals surface area contributed by atoms with E-state index in [2.05, 4.69) is 29.4 Å². The third-order valence-electron chi connectivity index (χ3n) is 3.76. The summed E-state index contributed by atoms with van der Waals surface area (Å²) in [6.07, 6.45) is 7.58. The predicted octanol–water partition coefficient (Wildman–Crippen LogP) is 3.59. The van der Waals surface area contributed by atoms with Crippen LogP contribution in [0.4, 0.5) is 5.69 Å². The summed E-state index contributed by atoms with van der Waals surface area (Å²) < 4.78 is 1.89. The third kappa shape index (κ3) is 4.28. The maximum atomic E-state index is 5.87. The van der Waals surface area contributed by atoms with E-state index in [0.717, 1.165) is 35.6 Å². The zero-order valence-corrected chi connectivity index (χ0v) is 13.0. The van der Waals surface area contributed by atoms with Gasteiger partial charge in [0.15, 0.2) is 5.82 Å². The summed E-state index contributed by atoms with van der Waals surface area (Å²) in [6.45, 7) is 5.16. The van der Waals surface area contributed by atoms with Gasteiger partial charge in [-0.3, -0.25) is 0 Å². The third-order valence-corrected chi connectivity index (χ3v) is 3.76. The van der Waals surface area contributed by atoms with Crippen LogP contribution < -0.4 is 5.73 Å². The van der Waals surface area contributed by atoms with Crippen LogP contribution in [0, 0.1) is 6.92 Å². The summed E-state index contributed by atoms with van der Waals surface area (Å²) in [5, 5.41) is 12.1. The van der Waals surface area contributed by atoms with E-state index < -0.39 is 0 Å². The topological polar surface area (TPSA) is 69.6 Å². The van der Waals surface area contributed by atoms with Gasteiger partial charge in [0.05, 0.1) is 0 Å². The number of rotatable bonds is 8. The number of aryl methyl sites for hydroxylation is 2. The molecule has 0 saturated heterocycles. The number of nitrogens with zero attached hydrogens (tertiary/aromatic N) is 4. The van der Waals surface area contributed by atoms with Gasteiger partial charge in [-0.1, -0.05) is 45.1 Å². The fourth-order valence-corrected chi connectivity index (χ4v) is 2.47.